The Hall–Kier alpha value is -0.660. The van der Waals surface area contributed by atoms with Crippen molar-refractivity contribution in [3.8, 4) is 0 Å². The van der Waals surface area contributed by atoms with Crippen LogP contribution >= 0.6 is 0 Å². The molecule has 0 saturated carbocycles. The lowest BCUT2D eigenvalue weighted by Crippen LogP contribution is -1.94. The van der Waals surface area contributed by atoms with Crippen molar-refractivity contribution >= 4 is 0 Å². The molecule has 54 valence electrons. The van der Waals surface area contributed by atoms with Gasteiger partial charge in [0.15, 0.2) is 0 Å². The van der Waals surface area contributed by atoms with E-state index in [1.165, 1.54) is 0 Å². The highest BCUT2D eigenvalue weighted by molar-refractivity contribution is 4.65. The molecule has 0 aromatic carbocycles. The summed E-state index contributed by atoms with van der Waals surface area (Å²) in [5.41, 5.74) is 0. The van der Waals surface area contributed by atoms with Gasteiger partial charge in [-0.3, -0.25) is 0 Å². The smallest absolute Gasteiger partial charge is 0.271 e. The third-order valence-corrected chi connectivity index (χ3v) is 0.989. The molecule has 0 aromatic rings. The van der Waals surface area contributed by atoms with Crippen molar-refractivity contribution in [1.82, 2.24) is 0 Å². The van der Waals surface area contributed by atoms with Gasteiger partial charge >= 0.3 is 0 Å². The second kappa shape index (κ2) is 5.48. The summed E-state index contributed by atoms with van der Waals surface area (Å²) < 4.78 is 9.69. The monoisotopic (exact) mass is 130 g/mol. The fourth-order valence-corrected chi connectivity index (χ4v) is 0.389. The highest BCUT2D eigenvalue weighted by Gasteiger charge is 1.88. The Labute approximate surface area is 56.5 Å². The number of ether oxygens (including phenoxy) is 2. The largest absolute Gasteiger partial charge is 0.469 e. The SMILES string of the molecule is C=C(OC)OCCCC. The van der Waals surface area contributed by atoms with Crippen molar-refractivity contribution in [1.29, 1.82) is 0 Å². The average Bonchev–Trinajstić information content (AvgIpc) is 1.89. The van der Waals surface area contributed by atoms with E-state index in [-0.39, 0.29) is 0 Å². The normalized spacial score (nSPS) is 8.67. The van der Waals surface area contributed by atoms with E-state index in [0.717, 1.165) is 12.8 Å². The molecule has 0 unspecified atom stereocenters. The number of unbranched alkanes of at least 4 members (excludes halogenated alkanes) is 1. The molecule has 0 amide bonds. The first-order valence-corrected chi connectivity index (χ1v) is 3.17. The van der Waals surface area contributed by atoms with Crippen LogP contribution in [0.3, 0.4) is 0 Å². The Balaban J connectivity index is 2.97. The van der Waals surface area contributed by atoms with Gasteiger partial charge in [0.25, 0.3) is 5.95 Å². The molecule has 0 heterocycles. The highest BCUT2D eigenvalue weighted by Crippen LogP contribution is 1.95. The van der Waals surface area contributed by atoms with Crippen LogP contribution in [0.15, 0.2) is 12.5 Å². The first-order chi connectivity index (χ1) is 4.31. The minimum Gasteiger partial charge on any atom is -0.469 e. The zero-order valence-electron chi connectivity index (χ0n) is 6.14. The van der Waals surface area contributed by atoms with Gasteiger partial charge in [0, 0.05) is 0 Å². The molecule has 0 aliphatic heterocycles. The summed E-state index contributed by atoms with van der Waals surface area (Å²) in [7, 11) is 1.55. The minimum atomic E-state index is 0.406. The number of hydrogen-bond acceptors (Lipinski definition) is 2. The summed E-state index contributed by atoms with van der Waals surface area (Å²) >= 11 is 0. The molecule has 0 aliphatic rings. The average molecular weight is 130 g/mol. The van der Waals surface area contributed by atoms with Gasteiger partial charge in [-0.25, -0.2) is 0 Å². The van der Waals surface area contributed by atoms with Gasteiger partial charge in [0.2, 0.25) is 0 Å². The molecular weight excluding hydrogens is 116 g/mol. The van der Waals surface area contributed by atoms with Gasteiger partial charge in [0.1, 0.15) is 0 Å². The molecule has 2 heteroatoms. The molecule has 0 bridgehead atoms. The van der Waals surface area contributed by atoms with Gasteiger partial charge in [-0.05, 0) is 13.0 Å². The first kappa shape index (κ1) is 8.34. The van der Waals surface area contributed by atoms with E-state index >= 15 is 0 Å². The van der Waals surface area contributed by atoms with Crippen molar-refractivity contribution in [2.24, 2.45) is 0 Å². The second-order valence-electron chi connectivity index (χ2n) is 1.78. The molecule has 9 heavy (non-hydrogen) atoms. The molecule has 0 spiro atoms. The lowest BCUT2D eigenvalue weighted by molar-refractivity contribution is 0.0625. The summed E-state index contributed by atoms with van der Waals surface area (Å²) in [6.45, 7) is 6.32. The van der Waals surface area contributed by atoms with Crippen LogP contribution in [0, 0.1) is 0 Å². The third-order valence-electron chi connectivity index (χ3n) is 0.989. The fraction of sp³-hybridized carbons (Fsp3) is 0.714. The van der Waals surface area contributed by atoms with Gasteiger partial charge < -0.3 is 9.47 Å². The number of rotatable bonds is 5. The van der Waals surface area contributed by atoms with Crippen LogP contribution in [-0.2, 0) is 9.47 Å². The topological polar surface area (TPSA) is 18.5 Å². The molecule has 0 rings (SSSR count). The standard InChI is InChI=1S/C7H14O2/c1-4-5-6-9-7(2)8-3/h2,4-6H2,1,3H3. The minimum absolute atomic E-state index is 0.406. The van der Waals surface area contributed by atoms with E-state index < -0.39 is 0 Å². The van der Waals surface area contributed by atoms with Crippen molar-refractivity contribution in [2.45, 2.75) is 19.8 Å². The summed E-state index contributed by atoms with van der Waals surface area (Å²) in [5.74, 6) is 0.406. The second-order valence-corrected chi connectivity index (χ2v) is 1.78. The van der Waals surface area contributed by atoms with E-state index in [1.807, 2.05) is 0 Å². The highest BCUT2D eigenvalue weighted by atomic mass is 16.7. The van der Waals surface area contributed by atoms with Crippen LogP contribution < -0.4 is 0 Å². The third kappa shape index (κ3) is 5.21. The Morgan fingerprint density at radius 2 is 2.22 bits per heavy atom. The Kier molecular flexibility index (Phi) is 5.07. The molecule has 0 radical (unpaired) electrons. The Morgan fingerprint density at radius 1 is 1.56 bits per heavy atom. The molecular formula is C7H14O2. The summed E-state index contributed by atoms with van der Waals surface area (Å²) in [4.78, 5) is 0. The zero-order chi connectivity index (χ0) is 7.11. The van der Waals surface area contributed by atoms with E-state index in [1.54, 1.807) is 7.11 Å². The predicted octanol–water partition coefficient (Wildman–Crippen LogP) is 1.92. The van der Waals surface area contributed by atoms with Crippen LogP contribution in [0.25, 0.3) is 0 Å². The molecule has 0 fully saturated rings. The van der Waals surface area contributed by atoms with Crippen LogP contribution in [0.5, 0.6) is 0 Å². The summed E-state index contributed by atoms with van der Waals surface area (Å²) in [6.07, 6.45) is 2.19. The van der Waals surface area contributed by atoms with Gasteiger partial charge in [0.05, 0.1) is 13.7 Å². The van der Waals surface area contributed by atoms with Crippen molar-refractivity contribution in [2.75, 3.05) is 13.7 Å². The maximum Gasteiger partial charge on any atom is 0.271 e. The van der Waals surface area contributed by atoms with E-state index in [4.69, 9.17) is 4.74 Å². The van der Waals surface area contributed by atoms with Gasteiger partial charge in [-0.15, -0.1) is 0 Å². The molecule has 0 aromatic heterocycles. The van der Waals surface area contributed by atoms with Crippen molar-refractivity contribution < 1.29 is 9.47 Å². The maximum absolute atomic E-state index is 5.01. The molecule has 0 aliphatic carbocycles. The van der Waals surface area contributed by atoms with Crippen molar-refractivity contribution in [3.05, 3.63) is 12.5 Å². The Morgan fingerprint density at radius 3 is 2.67 bits per heavy atom. The quantitative estimate of drug-likeness (QED) is 0.418. The first-order valence-electron chi connectivity index (χ1n) is 3.17. The van der Waals surface area contributed by atoms with Crippen LogP contribution in [-0.4, -0.2) is 13.7 Å². The van der Waals surface area contributed by atoms with Gasteiger partial charge in [-0.1, -0.05) is 13.3 Å². The van der Waals surface area contributed by atoms with E-state index in [0.29, 0.717) is 12.6 Å². The predicted molar refractivity (Wildman–Crippen MR) is 37.0 cm³/mol. The van der Waals surface area contributed by atoms with Crippen LogP contribution in [0.4, 0.5) is 0 Å². The van der Waals surface area contributed by atoms with E-state index in [2.05, 4.69) is 18.2 Å². The zero-order valence-corrected chi connectivity index (χ0v) is 6.14. The molecule has 0 saturated heterocycles. The summed E-state index contributed by atoms with van der Waals surface area (Å²) in [5, 5.41) is 0. The summed E-state index contributed by atoms with van der Waals surface area (Å²) in [6, 6.07) is 0. The molecule has 2 nitrogen and oxygen atoms in total. The lowest BCUT2D eigenvalue weighted by atomic mass is 10.4. The van der Waals surface area contributed by atoms with Gasteiger partial charge in [-0.2, -0.15) is 0 Å². The van der Waals surface area contributed by atoms with Crippen molar-refractivity contribution in [3.63, 3.8) is 0 Å². The fourth-order valence-electron chi connectivity index (χ4n) is 0.389. The van der Waals surface area contributed by atoms with E-state index in [9.17, 15) is 0 Å². The molecule has 0 N–H and O–H groups in total. The maximum atomic E-state index is 5.01. The van der Waals surface area contributed by atoms with Crippen LogP contribution in [0.1, 0.15) is 19.8 Å². The lowest BCUT2D eigenvalue weighted by Gasteiger charge is -2.04. The van der Waals surface area contributed by atoms with Crippen LogP contribution in [0.2, 0.25) is 0 Å². The Bertz CT molecular complexity index is 79.0. The number of methoxy groups -OCH3 is 1. The molecule has 0 atom stereocenters. The number of hydrogen-bond donors (Lipinski definition) is 0.